The number of H-pyrrole nitrogens is 1. The van der Waals surface area contributed by atoms with E-state index in [1.54, 1.807) is 13.2 Å². The van der Waals surface area contributed by atoms with Crippen LogP contribution in [-0.2, 0) is 9.59 Å². The molecule has 1 aromatic carbocycles. The van der Waals surface area contributed by atoms with E-state index in [2.05, 4.69) is 27.0 Å². The number of aromatic amines is 1. The lowest BCUT2D eigenvalue weighted by molar-refractivity contribution is -0.130. The summed E-state index contributed by atoms with van der Waals surface area (Å²) in [7, 11) is 1.58. The molecule has 6 rings (SSSR count). The quantitative estimate of drug-likeness (QED) is 0.473. The number of rotatable bonds is 7. The first-order chi connectivity index (χ1) is 17.4. The van der Waals surface area contributed by atoms with Gasteiger partial charge in [-0.15, -0.1) is 0 Å². The molecule has 4 N–H and O–H groups in total. The first-order valence-electron chi connectivity index (χ1n) is 12.9. The van der Waals surface area contributed by atoms with Gasteiger partial charge in [0.25, 0.3) is 5.91 Å². The topological polar surface area (TPSA) is 136 Å². The van der Waals surface area contributed by atoms with E-state index in [9.17, 15) is 19.6 Å². The molecule has 188 valence electrons. The number of fused-ring (bicyclic) bond motifs is 5. The number of nitriles is 1. The molecule has 1 aliphatic heterocycles. The first kappa shape index (κ1) is 22.9. The van der Waals surface area contributed by atoms with Gasteiger partial charge in [-0.3, -0.25) is 14.4 Å². The van der Waals surface area contributed by atoms with E-state index >= 15 is 0 Å². The van der Waals surface area contributed by atoms with Crippen molar-refractivity contribution in [2.24, 2.45) is 29.6 Å². The zero-order chi connectivity index (χ0) is 25.0. The maximum atomic E-state index is 13.7. The van der Waals surface area contributed by atoms with Gasteiger partial charge in [-0.05, 0) is 61.6 Å². The molecule has 2 heterocycles. The standard InChI is InChI=1S/C27H31N5O4/c1-36-22-4-2-3-19-17(22)11-21(30-19)24(33)31-20(9-14-5-6-14)25(34)32-27(13-28)16-7-8-18(27)23-15(10-16)12-29-26(23)35/h2-4,11,14-16,18,20,23,30H,5-10,12H2,1H3,(H,29,35)(H,31,33)(H,32,34)/t15-,16?,18-,20-,23-,27-/m0/s1. The maximum absolute atomic E-state index is 13.7. The van der Waals surface area contributed by atoms with Gasteiger partial charge in [0.2, 0.25) is 11.8 Å². The average Bonchev–Trinajstić information content (AvgIpc) is 3.40. The smallest absolute Gasteiger partial charge is 0.268 e. The van der Waals surface area contributed by atoms with E-state index in [1.807, 2.05) is 18.2 Å². The van der Waals surface area contributed by atoms with Crippen molar-refractivity contribution in [1.82, 2.24) is 20.9 Å². The van der Waals surface area contributed by atoms with E-state index in [4.69, 9.17) is 4.74 Å². The predicted molar refractivity (Wildman–Crippen MR) is 131 cm³/mol. The Bertz CT molecular complexity index is 1280. The van der Waals surface area contributed by atoms with Crippen LogP contribution in [-0.4, -0.2) is 47.9 Å². The van der Waals surface area contributed by atoms with Crippen LogP contribution in [0.3, 0.4) is 0 Å². The van der Waals surface area contributed by atoms with Gasteiger partial charge in [-0.1, -0.05) is 18.9 Å². The minimum absolute atomic E-state index is 0.00343. The number of carbonyl (C=O) groups is 3. The lowest BCUT2D eigenvalue weighted by Crippen LogP contribution is -2.63. The monoisotopic (exact) mass is 489 g/mol. The van der Waals surface area contributed by atoms with Gasteiger partial charge in [0, 0.05) is 29.3 Å². The van der Waals surface area contributed by atoms with Crippen LogP contribution in [0.5, 0.6) is 5.75 Å². The third-order valence-corrected chi connectivity index (χ3v) is 8.92. The molecule has 3 saturated carbocycles. The molecule has 0 radical (unpaired) electrons. The number of ether oxygens (including phenoxy) is 1. The number of methoxy groups -OCH3 is 1. The van der Waals surface area contributed by atoms with Crippen molar-refractivity contribution in [3.63, 3.8) is 0 Å². The van der Waals surface area contributed by atoms with E-state index in [-0.39, 0.29) is 41.4 Å². The Morgan fingerprint density at radius 3 is 2.86 bits per heavy atom. The Labute approximate surface area is 209 Å². The number of hydrogen-bond donors (Lipinski definition) is 4. The summed E-state index contributed by atoms with van der Waals surface area (Å²) in [5.41, 5.74) is 0.0524. The fourth-order valence-electron chi connectivity index (χ4n) is 6.97. The molecule has 3 amide bonds. The minimum atomic E-state index is -1.07. The molecule has 2 aromatic rings. The highest BCUT2D eigenvalue weighted by Gasteiger charge is 2.63. The second-order valence-electron chi connectivity index (χ2n) is 10.9. The highest BCUT2D eigenvalue weighted by molar-refractivity contribution is 6.01. The fourth-order valence-corrected chi connectivity index (χ4v) is 6.97. The van der Waals surface area contributed by atoms with Crippen molar-refractivity contribution < 1.29 is 19.1 Å². The third kappa shape index (κ3) is 3.62. The lowest BCUT2D eigenvalue weighted by atomic mass is 9.63. The molecule has 3 aliphatic carbocycles. The largest absolute Gasteiger partial charge is 0.496 e. The van der Waals surface area contributed by atoms with Gasteiger partial charge >= 0.3 is 0 Å². The summed E-state index contributed by atoms with van der Waals surface area (Å²) in [4.78, 5) is 42.6. The van der Waals surface area contributed by atoms with Crippen LogP contribution in [0.4, 0.5) is 0 Å². The van der Waals surface area contributed by atoms with E-state index in [0.717, 1.165) is 43.0 Å². The summed E-state index contributed by atoms with van der Waals surface area (Å²) in [6.07, 6.45) is 4.93. The van der Waals surface area contributed by atoms with E-state index < -0.39 is 11.6 Å². The molecule has 9 heteroatoms. The molecular formula is C27H31N5O4. The van der Waals surface area contributed by atoms with Crippen LogP contribution in [0, 0.1) is 40.9 Å². The summed E-state index contributed by atoms with van der Waals surface area (Å²) in [6.45, 7) is 0.654. The summed E-state index contributed by atoms with van der Waals surface area (Å²) < 4.78 is 5.40. The number of aromatic nitrogens is 1. The highest BCUT2D eigenvalue weighted by atomic mass is 16.5. The van der Waals surface area contributed by atoms with E-state index in [1.165, 1.54) is 0 Å². The number of hydrogen-bond acceptors (Lipinski definition) is 5. The van der Waals surface area contributed by atoms with Crippen molar-refractivity contribution in [1.29, 1.82) is 5.26 Å². The van der Waals surface area contributed by atoms with Gasteiger partial charge in [-0.2, -0.15) is 5.26 Å². The Kier molecular flexibility index (Phi) is 5.43. The molecule has 4 aliphatic rings. The molecule has 36 heavy (non-hydrogen) atoms. The number of benzene rings is 1. The van der Waals surface area contributed by atoms with Crippen molar-refractivity contribution in [2.45, 2.75) is 50.1 Å². The Hall–Kier alpha value is -3.54. The number of nitrogens with one attached hydrogen (secondary N) is 4. The lowest BCUT2D eigenvalue weighted by Gasteiger charge is -2.44. The Morgan fingerprint density at radius 2 is 2.11 bits per heavy atom. The fraction of sp³-hybridized carbons (Fsp3) is 0.556. The third-order valence-electron chi connectivity index (χ3n) is 8.92. The van der Waals surface area contributed by atoms with E-state index in [0.29, 0.717) is 30.3 Å². The van der Waals surface area contributed by atoms with Crippen molar-refractivity contribution in [3.05, 3.63) is 30.0 Å². The molecular weight excluding hydrogens is 458 g/mol. The van der Waals surface area contributed by atoms with Crippen molar-refractivity contribution >= 4 is 28.6 Å². The van der Waals surface area contributed by atoms with Gasteiger partial charge < -0.3 is 25.7 Å². The van der Waals surface area contributed by atoms with Gasteiger partial charge in [0.1, 0.15) is 23.0 Å². The summed E-state index contributed by atoms with van der Waals surface area (Å²) in [5, 5.41) is 20.1. The normalized spacial score (nSPS) is 31.3. The number of amides is 3. The molecule has 1 unspecified atom stereocenters. The number of nitrogens with zero attached hydrogens (tertiary/aromatic N) is 1. The molecule has 1 saturated heterocycles. The average molecular weight is 490 g/mol. The van der Waals surface area contributed by atoms with Crippen LogP contribution in [0.1, 0.15) is 49.0 Å². The number of carbonyl (C=O) groups excluding carboxylic acids is 3. The van der Waals surface area contributed by atoms with Crippen LogP contribution >= 0.6 is 0 Å². The summed E-state index contributed by atoms with van der Waals surface area (Å²) in [5.74, 6) is 0.149. The van der Waals surface area contributed by atoms with Crippen LogP contribution in [0.25, 0.3) is 10.9 Å². The molecule has 6 atom stereocenters. The van der Waals surface area contributed by atoms with Gasteiger partial charge in [0.15, 0.2) is 0 Å². The minimum Gasteiger partial charge on any atom is -0.496 e. The second kappa shape index (κ2) is 8.54. The Morgan fingerprint density at radius 1 is 1.28 bits per heavy atom. The SMILES string of the molecule is COc1cccc2[nH]c(C(=O)N[C@@H](CC3CC3)C(=O)N[C@@]3(C#N)C4CC[C@H]3[C@H]3C(=O)NC[C@@H]3C4)cc12. The van der Waals surface area contributed by atoms with Gasteiger partial charge in [-0.25, -0.2) is 0 Å². The second-order valence-corrected chi connectivity index (χ2v) is 10.9. The van der Waals surface area contributed by atoms with Crippen LogP contribution in [0.2, 0.25) is 0 Å². The van der Waals surface area contributed by atoms with Gasteiger partial charge in [0.05, 0.1) is 13.2 Å². The highest BCUT2D eigenvalue weighted by Crippen LogP contribution is 2.55. The van der Waals surface area contributed by atoms with Crippen molar-refractivity contribution in [3.8, 4) is 11.8 Å². The van der Waals surface area contributed by atoms with Crippen LogP contribution in [0.15, 0.2) is 24.3 Å². The first-order valence-corrected chi connectivity index (χ1v) is 12.9. The van der Waals surface area contributed by atoms with Crippen LogP contribution < -0.4 is 20.7 Å². The summed E-state index contributed by atoms with van der Waals surface area (Å²) in [6, 6.07) is 8.96. The maximum Gasteiger partial charge on any atom is 0.268 e. The molecule has 9 nitrogen and oxygen atoms in total. The Balaban J connectivity index is 1.23. The van der Waals surface area contributed by atoms with Crippen molar-refractivity contribution in [2.75, 3.05) is 13.7 Å². The molecule has 2 bridgehead atoms. The zero-order valence-electron chi connectivity index (χ0n) is 20.3. The summed E-state index contributed by atoms with van der Waals surface area (Å²) >= 11 is 0. The zero-order valence-corrected chi connectivity index (χ0v) is 20.3. The molecule has 4 fully saturated rings. The molecule has 1 aromatic heterocycles. The predicted octanol–water partition coefficient (Wildman–Crippen LogP) is 2.25. The molecule has 0 spiro atoms.